The molecule has 2 heterocycles. The van der Waals surface area contributed by atoms with Gasteiger partial charge in [0, 0.05) is 38.2 Å². The highest BCUT2D eigenvalue weighted by molar-refractivity contribution is 5.66. The summed E-state index contributed by atoms with van der Waals surface area (Å²) >= 11 is 0. The number of rotatable bonds is 7. The van der Waals surface area contributed by atoms with E-state index in [1.54, 1.807) is 14.0 Å². The number of ether oxygens (including phenoxy) is 6. The summed E-state index contributed by atoms with van der Waals surface area (Å²) in [6.07, 6.45) is 5.91. The molecule has 0 aromatic heterocycles. The van der Waals surface area contributed by atoms with E-state index in [-0.39, 0.29) is 59.5 Å². The Balaban J connectivity index is 1.09. The monoisotopic (exact) mass is 650 g/mol. The van der Waals surface area contributed by atoms with E-state index in [1.807, 2.05) is 13.8 Å². The van der Waals surface area contributed by atoms with Crippen molar-refractivity contribution in [2.75, 3.05) is 7.11 Å². The SMILES string of the molecule is COC1CC(OC2CCC3(C)C(=CCC4C3CCC3(C)C(C(C)OC(C)=O)CCC43O)C2)OC(C)C1OC1CC(O)C(O)C(C)O1. The zero-order valence-electron chi connectivity index (χ0n) is 28.9. The number of hydrogen-bond donors (Lipinski definition) is 3. The lowest BCUT2D eigenvalue weighted by molar-refractivity contribution is -0.318. The summed E-state index contributed by atoms with van der Waals surface area (Å²) in [5.74, 6) is 0.540. The van der Waals surface area contributed by atoms with Crippen molar-refractivity contribution in [2.24, 2.45) is 28.6 Å². The minimum atomic E-state index is -0.931. The minimum absolute atomic E-state index is 0.0312. The number of methoxy groups -OCH3 is 1. The van der Waals surface area contributed by atoms with Gasteiger partial charge in [0.25, 0.3) is 0 Å². The first-order valence-electron chi connectivity index (χ1n) is 17.8. The second-order valence-electron chi connectivity index (χ2n) is 15.9. The van der Waals surface area contributed by atoms with Crippen LogP contribution >= 0.6 is 0 Å². The zero-order valence-corrected chi connectivity index (χ0v) is 28.9. The van der Waals surface area contributed by atoms with E-state index in [2.05, 4.69) is 19.9 Å². The van der Waals surface area contributed by atoms with Crippen molar-refractivity contribution in [1.29, 1.82) is 0 Å². The largest absolute Gasteiger partial charge is 0.463 e. The normalized spacial score (nSPS) is 51.3. The average Bonchev–Trinajstić information content (AvgIpc) is 3.28. The van der Waals surface area contributed by atoms with Crippen LogP contribution in [0.5, 0.6) is 0 Å². The van der Waals surface area contributed by atoms with Crippen molar-refractivity contribution < 1.29 is 48.5 Å². The molecule has 262 valence electrons. The number of hydrogen-bond acceptors (Lipinski definition) is 10. The van der Waals surface area contributed by atoms with Crippen molar-refractivity contribution in [3.05, 3.63) is 11.6 Å². The van der Waals surface area contributed by atoms with Crippen molar-refractivity contribution in [2.45, 2.75) is 173 Å². The number of carbonyl (C=O) groups excluding carboxylic acids is 1. The summed E-state index contributed by atoms with van der Waals surface area (Å²) in [4.78, 5) is 11.8. The molecule has 0 aromatic rings. The molecule has 2 saturated heterocycles. The number of allylic oxidation sites excluding steroid dienone is 1. The summed E-state index contributed by atoms with van der Waals surface area (Å²) in [7, 11) is 1.67. The molecule has 0 aromatic carbocycles. The maximum Gasteiger partial charge on any atom is 0.302 e. The molecule has 4 aliphatic carbocycles. The Morgan fingerprint density at radius 3 is 2.39 bits per heavy atom. The Hall–Kier alpha value is -1.11. The molecule has 10 nitrogen and oxygen atoms in total. The molecule has 0 bridgehead atoms. The predicted octanol–water partition coefficient (Wildman–Crippen LogP) is 4.41. The highest BCUT2D eigenvalue weighted by Gasteiger charge is 2.67. The van der Waals surface area contributed by atoms with E-state index in [0.29, 0.717) is 12.3 Å². The molecule has 10 heteroatoms. The molecule has 16 atom stereocenters. The Morgan fingerprint density at radius 2 is 1.70 bits per heavy atom. The fraction of sp³-hybridized carbons (Fsp3) is 0.917. The van der Waals surface area contributed by atoms with E-state index in [4.69, 9.17) is 28.4 Å². The van der Waals surface area contributed by atoms with Crippen molar-refractivity contribution in [1.82, 2.24) is 0 Å². The summed E-state index contributed by atoms with van der Waals surface area (Å²) in [5.41, 5.74) is 0.467. The number of esters is 1. The Labute approximate surface area is 274 Å². The lowest BCUT2D eigenvalue weighted by Gasteiger charge is -2.61. The van der Waals surface area contributed by atoms with Crippen molar-refractivity contribution in [3.63, 3.8) is 0 Å². The summed E-state index contributed by atoms with van der Waals surface area (Å²) in [5, 5.41) is 32.7. The van der Waals surface area contributed by atoms with Gasteiger partial charge < -0.3 is 43.7 Å². The lowest BCUT2D eigenvalue weighted by atomic mass is 9.45. The molecule has 5 fully saturated rings. The molecule has 0 amide bonds. The van der Waals surface area contributed by atoms with Crippen LogP contribution in [0.2, 0.25) is 0 Å². The van der Waals surface area contributed by atoms with Gasteiger partial charge in [-0.2, -0.15) is 0 Å². The number of fused-ring (bicyclic) bond motifs is 5. The van der Waals surface area contributed by atoms with Gasteiger partial charge in [0.2, 0.25) is 0 Å². The molecule has 0 radical (unpaired) electrons. The van der Waals surface area contributed by atoms with Gasteiger partial charge in [0.05, 0.1) is 36.1 Å². The fourth-order valence-corrected chi connectivity index (χ4v) is 10.9. The van der Waals surface area contributed by atoms with Crippen LogP contribution in [-0.2, 0) is 33.2 Å². The van der Waals surface area contributed by atoms with Gasteiger partial charge in [-0.15, -0.1) is 0 Å². The van der Waals surface area contributed by atoms with Gasteiger partial charge in [-0.3, -0.25) is 4.79 Å². The maximum absolute atomic E-state index is 12.5. The lowest BCUT2D eigenvalue weighted by Crippen LogP contribution is -2.61. The maximum atomic E-state index is 12.5. The highest BCUT2D eigenvalue weighted by Crippen LogP contribution is 2.68. The van der Waals surface area contributed by atoms with Crippen molar-refractivity contribution >= 4 is 5.97 Å². The van der Waals surface area contributed by atoms with Crippen LogP contribution in [0.15, 0.2) is 11.6 Å². The van der Waals surface area contributed by atoms with E-state index >= 15 is 0 Å². The molecule has 16 unspecified atom stereocenters. The van der Waals surface area contributed by atoms with Gasteiger partial charge in [-0.1, -0.05) is 25.5 Å². The van der Waals surface area contributed by atoms with Crippen LogP contribution in [0.1, 0.15) is 106 Å². The quantitative estimate of drug-likeness (QED) is 0.269. The summed E-state index contributed by atoms with van der Waals surface area (Å²) in [6.45, 7) is 11.8. The fourth-order valence-electron chi connectivity index (χ4n) is 10.9. The Kier molecular flexibility index (Phi) is 9.80. The van der Waals surface area contributed by atoms with E-state index in [0.717, 1.165) is 51.4 Å². The van der Waals surface area contributed by atoms with Crippen LogP contribution in [0.3, 0.4) is 0 Å². The molecule has 0 spiro atoms. The van der Waals surface area contributed by atoms with Crippen LogP contribution in [-0.4, -0.2) is 95.4 Å². The first-order valence-corrected chi connectivity index (χ1v) is 17.8. The van der Waals surface area contributed by atoms with Crippen molar-refractivity contribution in [3.8, 4) is 0 Å². The van der Waals surface area contributed by atoms with Crippen LogP contribution in [0.25, 0.3) is 0 Å². The third-order valence-electron chi connectivity index (χ3n) is 13.5. The first-order chi connectivity index (χ1) is 21.7. The second kappa shape index (κ2) is 13.0. The first kappa shape index (κ1) is 34.7. The molecular formula is C36H58O10. The standard InChI is InChI=1S/C36H58O10/c1-19(42-22(4)37)25-12-15-36(40)27-9-8-23-16-24(10-13-34(23,5)26(27)11-14-35(25,36)6)45-31-18-29(41-7)33(21(3)44-31)46-30-17-28(38)32(39)20(2)43-30/h8,19-21,24-33,38-40H,9-18H2,1-7H3. The van der Waals surface area contributed by atoms with Gasteiger partial charge in [0.1, 0.15) is 18.3 Å². The molecule has 3 saturated carbocycles. The van der Waals surface area contributed by atoms with Gasteiger partial charge in [0.15, 0.2) is 12.6 Å². The van der Waals surface area contributed by atoms with Gasteiger partial charge in [-0.25, -0.2) is 0 Å². The summed E-state index contributed by atoms with van der Waals surface area (Å²) < 4.78 is 36.5. The molecule has 6 rings (SSSR count). The minimum Gasteiger partial charge on any atom is -0.463 e. The molecular weight excluding hydrogens is 592 g/mol. The smallest absolute Gasteiger partial charge is 0.302 e. The molecule has 2 aliphatic heterocycles. The van der Waals surface area contributed by atoms with E-state index in [9.17, 15) is 20.1 Å². The van der Waals surface area contributed by atoms with Crippen LogP contribution in [0, 0.1) is 28.6 Å². The third-order valence-corrected chi connectivity index (χ3v) is 13.5. The Bertz CT molecular complexity index is 1130. The van der Waals surface area contributed by atoms with E-state index in [1.165, 1.54) is 12.5 Å². The van der Waals surface area contributed by atoms with Gasteiger partial charge >= 0.3 is 5.97 Å². The second-order valence-corrected chi connectivity index (χ2v) is 15.9. The summed E-state index contributed by atoms with van der Waals surface area (Å²) in [6, 6.07) is 0. The molecule has 6 aliphatic rings. The topological polar surface area (TPSA) is 133 Å². The molecule has 46 heavy (non-hydrogen) atoms. The highest BCUT2D eigenvalue weighted by atomic mass is 16.7. The third kappa shape index (κ3) is 5.91. The zero-order chi connectivity index (χ0) is 33.2. The molecule has 3 N–H and O–H groups in total. The average molecular weight is 651 g/mol. The number of aliphatic hydroxyl groups excluding tert-OH is 2. The number of aliphatic hydroxyl groups is 3. The van der Waals surface area contributed by atoms with E-state index < -0.39 is 42.6 Å². The number of carbonyl (C=O) groups is 1. The van der Waals surface area contributed by atoms with Crippen LogP contribution < -0.4 is 0 Å². The van der Waals surface area contributed by atoms with Crippen LogP contribution in [0.4, 0.5) is 0 Å². The Morgan fingerprint density at radius 1 is 0.978 bits per heavy atom. The predicted molar refractivity (Wildman–Crippen MR) is 168 cm³/mol. The van der Waals surface area contributed by atoms with Gasteiger partial charge in [-0.05, 0) is 89.4 Å².